The van der Waals surface area contributed by atoms with Crippen LogP contribution in [-0.2, 0) is 28.8 Å². The molecular formula is C20H24F3N3O2. The van der Waals surface area contributed by atoms with Gasteiger partial charge in [-0.25, -0.2) is 4.98 Å². The summed E-state index contributed by atoms with van der Waals surface area (Å²) in [5.74, 6) is 0.722. The summed E-state index contributed by atoms with van der Waals surface area (Å²) in [6.45, 7) is 3.81. The number of hydrogen-bond acceptors (Lipinski definition) is 3. The van der Waals surface area contributed by atoms with Crippen molar-refractivity contribution in [2.24, 2.45) is 0 Å². The van der Waals surface area contributed by atoms with E-state index in [1.807, 2.05) is 11.5 Å². The van der Waals surface area contributed by atoms with Crippen molar-refractivity contribution in [1.29, 1.82) is 0 Å². The molecule has 28 heavy (non-hydrogen) atoms. The number of aromatic nitrogens is 2. The van der Waals surface area contributed by atoms with E-state index >= 15 is 0 Å². The Kier molecular flexibility index (Phi) is 6.39. The molecule has 1 atom stereocenters. The van der Waals surface area contributed by atoms with Crippen LogP contribution in [0.1, 0.15) is 43.1 Å². The first-order chi connectivity index (χ1) is 13.4. The van der Waals surface area contributed by atoms with E-state index in [9.17, 15) is 18.0 Å². The summed E-state index contributed by atoms with van der Waals surface area (Å²) in [6, 6.07) is 5.09. The molecular weight excluding hydrogens is 371 g/mol. The number of imidazole rings is 1. The molecule has 1 fully saturated rings. The first kappa shape index (κ1) is 20.4. The van der Waals surface area contributed by atoms with Gasteiger partial charge in [-0.15, -0.1) is 0 Å². The van der Waals surface area contributed by atoms with Gasteiger partial charge in [-0.05, 0) is 30.5 Å². The SMILES string of the molecule is CCC(=O)N(Cc1nccn1Cc1ccc(C(F)(F)F)cc1)CC1CCCO1. The van der Waals surface area contributed by atoms with Crippen LogP contribution in [0.2, 0.25) is 0 Å². The van der Waals surface area contributed by atoms with Crippen molar-refractivity contribution in [3.63, 3.8) is 0 Å². The Morgan fingerprint density at radius 1 is 1.32 bits per heavy atom. The zero-order valence-corrected chi connectivity index (χ0v) is 15.8. The number of amides is 1. The molecule has 8 heteroatoms. The van der Waals surface area contributed by atoms with E-state index in [-0.39, 0.29) is 12.0 Å². The number of ether oxygens (including phenoxy) is 1. The third-order valence-electron chi connectivity index (χ3n) is 4.87. The van der Waals surface area contributed by atoms with Crippen LogP contribution in [0.15, 0.2) is 36.7 Å². The highest BCUT2D eigenvalue weighted by Crippen LogP contribution is 2.29. The molecule has 3 rings (SSSR count). The highest BCUT2D eigenvalue weighted by Gasteiger charge is 2.30. The molecule has 2 aromatic rings. The molecule has 1 aliphatic rings. The largest absolute Gasteiger partial charge is 0.416 e. The number of rotatable bonds is 7. The number of carbonyl (C=O) groups excluding carboxylic acids is 1. The van der Waals surface area contributed by atoms with Gasteiger partial charge in [0.15, 0.2) is 0 Å². The molecule has 1 aromatic heterocycles. The third-order valence-corrected chi connectivity index (χ3v) is 4.87. The van der Waals surface area contributed by atoms with Gasteiger partial charge in [-0.3, -0.25) is 4.79 Å². The molecule has 1 aromatic carbocycles. The molecule has 0 aliphatic carbocycles. The van der Waals surface area contributed by atoms with Gasteiger partial charge in [0.05, 0.1) is 18.2 Å². The second-order valence-corrected chi connectivity index (χ2v) is 6.93. The highest BCUT2D eigenvalue weighted by molar-refractivity contribution is 5.75. The molecule has 0 saturated carbocycles. The number of hydrogen-bond donors (Lipinski definition) is 0. The quantitative estimate of drug-likeness (QED) is 0.715. The van der Waals surface area contributed by atoms with Gasteiger partial charge in [-0.1, -0.05) is 19.1 Å². The summed E-state index contributed by atoms with van der Waals surface area (Å²) in [7, 11) is 0. The predicted molar refractivity (Wildman–Crippen MR) is 97.5 cm³/mol. The molecule has 1 unspecified atom stereocenters. The molecule has 152 valence electrons. The molecule has 5 nitrogen and oxygen atoms in total. The van der Waals surface area contributed by atoms with Crippen LogP contribution in [-0.4, -0.2) is 39.6 Å². The number of carbonyl (C=O) groups is 1. The van der Waals surface area contributed by atoms with E-state index < -0.39 is 11.7 Å². The van der Waals surface area contributed by atoms with Crippen molar-refractivity contribution in [3.05, 3.63) is 53.6 Å². The molecule has 0 spiro atoms. The van der Waals surface area contributed by atoms with Crippen LogP contribution in [0, 0.1) is 0 Å². The maximum Gasteiger partial charge on any atom is 0.416 e. The van der Waals surface area contributed by atoms with Gasteiger partial charge < -0.3 is 14.2 Å². The van der Waals surface area contributed by atoms with Crippen LogP contribution in [0.25, 0.3) is 0 Å². The topological polar surface area (TPSA) is 47.4 Å². The first-order valence-electron chi connectivity index (χ1n) is 9.42. The molecule has 1 amide bonds. The van der Waals surface area contributed by atoms with E-state index in [1.54, 1.807) is 17.3 Å². The first-order valence-corrected chi connectivity index (χ1v) is 9.42. The van der Waals surface area contributed by atoms with Crippen molar-refractivity contribution in [2.45, 2.75) is 51.6 Å². The fourth-order valence-electron chi connectivity index (χ4n) is 3.31. The maximum absolute atomic E-state index is 12.7. The van der Waals surface area contributed by atoms with Crippen molar-refractivity contribution >= 4 is 5.91 Å². The van der Waals surface area contributed by atoms with Crippen LogP contribution in [0.4, 0.5) is 13.2 Å². The minimum Gasteiger partial charge on any atom is -0.376 e. The van der Waals surface area contributed by atoms with Crippen molar-refractivity contribution in [3.8, 4) is 0 Å². The molecule has 1 saturated heterocycles. The zero-order chi connectivity index (χ0) is 20.1. The van der Waals surface area contributed by atoms with Crippen LogP contribution in [0.5, 0.6) is 0 Å². The third kappa shape index (κ3) is 5.13. The Labute approximate surface area is 162 Å². The second-order valence-electron chi connectivity index (χ2n) is 6.93. The monoisotopic (exact) mass is 395 g/mol. The number of benzene rings is 1. The normalized spacial score (nSPS) is 17.1. The lowest BCUT2D eigenvalue weighted by Crippen LogP contribution is -2.37. The van der Waals surface area contributed by atoms with Gasteiger partial charge in [0.1, 0.15) is 5.82 Å². The molecule has 0 N–H and O–H groups in total. The summed E-state index contributed by atoms with van der Waals surface area (Å²) in [4.78, 5) is 18.5. The Morgan fingerprint density at radius 2 is 2.07 bits per heavy atom. The Bertz CT molecular complexity index is 781. The van der Waals surface area contributed by atoms with Gasteiger partial charge in [0, 0.05) is 38.5 Å². The summed E-state index contributed by atoms with van der Waals surface area (Å²) in [6.07, 6.45) is 1.45. The lowest BCUT2D eigenvalue weighted by atomic mass is 10.1. The fourth-order valence-corrected chi connectivity index (χ4v) is 3.31. The standard InChI is InChI=1S/C20H24F3N3O2/c1-2-19(27)26(13-17-4-3-11-28-17)14-18-24-9-10-25(18)12-15-5-7-16(8-6-15)20(21,22)23/h5-10,17H,2-4,11-14H2,1H3. The van der Waals surface area contributed by atoms with Crippen LogP contribution < -0.4 is 0 Å². The van der Waals surface area contributed by atoms with Crippen molar-refractivity contribution in [2.75, 3.05) is 13.2 Å². The molecule has 0 radical (unpaired) electrons. The lowest BCUT2D eigenvalue weighted by Gasteiger charge is -2.25. The van der Waals surface area contributed by atoms with Crippen molar-refractivity contribution < 1.29 is 22.7 Å². The highest BCUT2D eigenvalue weighted by atomic mass is 19.4. The Morgan fingerprint density at radius 3 is 2.68 bits per heavy atom. The van der Waals surface area contributed by atoms with E-state index in [0.29, 0.717) is 31.9 Å². The molecule has 0 bridgehead atoms. The minimum absolute atomic E-state index is 0.0274. The van der Waals surface area contributed by atoms with E-state index in [1.165, 1.54) is 12.1 Å². The Balaban J connectivity index is 1.70. The summed E-state index contributed by atoms with van der Waals surface area (Å²) in [5.41, 5.74) is 0.0677. The maximum atomic E-state index is 12.7. The molecule has 2 heterocycles. The average molecular weight is 395 g/mol. The lowest BCUT2D eigenvalue weighted by molar-refractivity contribution is -0.137. The number of nitrogens with zero attached hydrogens (tertiary/aromatic N) is 3. The smallest absolute Gasteiger partial charge is 0.376 e. The van der Waals surface area contributed by atoms with E-state index in [2.05, 4.69) is 4.98 Å². The second kappa shape index (κ2) is 8.77. The van der Waals surface area contributed by atoms with Crippen LogP contribution >= 0.6 is 0 Å². The average Bonchev–Trinajstić information content (AvgIpc) is 3.32. The van der Waals surface area contributed by atoms with Gasteiger partial charge in [-0.2, -0.15) is 13.2 Å². The van der Waals surface area contributed by atoms with Gasteiger partial charge in [0.2, 0.25) is 5.91 Å². The predicted octanol–water partition coefficient (Wildman–Crippen LogP) is 3.87. The number of halogens is 3. The number of alkyl halides is 3. The summed E-state index contributed by atoms with van der Waals surface area (Å²) < 4.78 is 45.7. The van der Waals surface area contributed by atoms with Crippen molar-refractivity contribution in [1.82, 2.24) is 14.5 Å². The summed E-state index contributed by atoms with van der Waals surface area (Å²) >= 11 is 0. The van der Waals surface area contributed by atoms with Crippen LogP contribution in [0.3, 0.4) is 0 Å². The molecule has 1 aliphatic heterocycles. The zero-order valence-electron chi connectivity index (χ0n) is 15.8. The Hall–Kier alpha value is -2.35. The minimum atomic E-state index is -4.35. The fraction of sp³-hybridized carbons (Fsp3) is 0.500. The van der Waals surface area contributed by atoms with Gasteiger partial charge in [0.25, 0.3) is 0 Å². The van der Waals surface area contributed by atoms with E-state index in [0.717, 1.165) is 37.1 Å². The summed E-state index contributed by atoms with van der Waals surface area (Å²) in [5, 5.41) is 0. The van der Waals surface area contributed by atoms with E-state index in [4.69, 9.17) is 4.74 Å². The van der Waals surface area contributed by atoms with Gasteiger partial charge >= 0.3 is 6.18 Å².